The lowest BCUT2D eigenvalue weighted by Crippen LogP contribution is -2.37. The Morgan fingerprint density at radius 1 is 1.05 bits per heavy atom. The molecule has 0 spiro atoms. The fraction of sp³-hybridized carbons (Fsp3) is 0.267. The van der Waals surface area contributed by atoms with Crippen molar-refractivity contribution in [1.29, 1.82) is 0 Å². The minimum Gasteiger partial charge on any atom is -0.436 e. The van der Waals surface area contributed by atoms with Crippen molar-refractivity contribution >= 4 is 11.0 Å². The van der Waals surface area contributed by atoms with E-state index in [9.17, 15) is 9.59 Å². The highest BCUT2D eigenvalue weighted by Gasteiger charge is 2.19. The zero-order chi connectivity index (χ0) is 16.0. The van der Waals surface area contributed by atoms with Crippen LogP contribution in [0.1, 0.15) is 5.56 Å². The zero-order valence-electron chi connectivity index (χ0n) is 12.8. The molecule has 0 amide bonds. The van der Waals surface area contributed by atoms with Gasteiger partial charge in [0.05, 0.1) is 0 Å². The van der Waals surface area contributed by atoms with Crippen LogP contribution in [0.3, 0.4) is 0 Å². The molecule has 2 heterocycles. The zero-order valence-corrected chi connectivity index (χ0v) is 12.8. The summed E-state index contributed by atoms with van der Waals surface area (Å²) in [6.45, 7) is 1.95. The summed E-state index contributed by atoms with van der Waals surface area (Å²) in [5, 5.41) is 4.24. The predicted octanol–water partition coefficient (Wildman–Crippen LogP) is 1.07. The molecule has 0 atom stereocenters. The van der Waals surface area contributed by atoms with Crippen molar-refractivity contribution in [1.82, 2.24) is 18.9 Å². The Bertz CT molecular complexity index is 994. The molecule has 0 N–H and O–H groups in total. The van der Waals surface area contributed by atoms with E-state index in [2.05, 4.69) is 5.10 Å². The summed E-state index contributed by atoms with van der Waals surface area (Å²) in [5.41, 5.74) is 0.943. The molecule has 0 fully saturated rings. The molecule has 0 saturated heterocycles. The molecule has 114 valence electrons. The Hall–Kier alpha value is -2.83. The summed E-state index contributed by atoms with van der Waals surface area (Å²) >= 11 is 0. The van der Waals surface area contributed by atoms with E-state index < -0.39 is 11.2 Å². The van der Waals surface area contributed by atoms with Gasteiger partial charge in [0.15, 0.2) is 5.52 Å². The minimum absolute atomic E-state index is 0.236. The molecule has 0 radical (unpaired) electrons. The molecule has 1 aromatic carbocycles. The van der Waals surface area contributed by atoms with Crippen molar-refractivity contribution in [3.63, 3.8) is 0 Å². The van der Waals surface area contributed by atoms with Crippen LogP contribution in [-0.2, 0) is 21.1 Å². The van der Waals surface area contributed by atoms with Crippen molar-refractivity contribution < 1.29 is 4.74 Å². The highest BCUT2D eigenvalue weighted by atomic mass is 16.5. The summed E-state index contributed by atoms with van der Waals surface area (Å²) in [5.74, 6) is 0.841. The summed E-state index contributed by atoms with van der Waals surface area (Å²) in [7, 11) is 4.68. The number of hydrogen-bond acceptors (Lipinski definition) is 4. The Morgan fingerprint density at radius 3 is 2.45 bits per heavy atom. The van der Waals surface area contributed by atoms with E-state index in [0.717, 1.165) is 10.1 Å². The average Bonchev–Trinajstić information content (AvgIpc) is 2.79. The third-order valence-corrected chi connectivity index (χ3v) is 3.61. The molecular weight excluding hydrogens is 284 g/mol. The van der Waals surface area contributed by atoms with Gasteiger partial charge in [-0.25, -0.2) is 4.79 Å². The van der Waals surface area contributed by atoms with Crippen LogP contribution in [0.25, 0.3) is 11.0 Å². The molecule has 0 saturated carbocycles. The first-order valence-corrected chi connectivity index (χ1v) is 6.77. The molecule has 0 aliphatic carbocycles. The van der Waals surface area contributed by atoms with E-state index >= 15 is 0 Å². The normalized spacial score (nSPS) is 11.1. The number of rotatable bonds is 2. The van der Waals surface area contributed by atoms with E-state index in [1.54, 1.807) is 20.2 Å². The third kappa shape index (κ3) is 2.02. The van der Waals surface area contributed by atoms with Crippen molar-refractivity contribution in [3.8, 4) is 11.6 Å². The first-order valence-electron chi connectivity index (χ1n) is 6.77. The summed E-state index contributed by atoms with van der Waals surface area (Å²) in [4.78, 5) is 24.4. The van der Waals surface area contributed by atoms with Crippen LogP contribution in [0.2, 0.25) is 0 Å². The number of aromatic nitrogens is 4. The Labute approximate surface area is 126 Å². The molecule has 0 bridgehead atoms. The summed E-state index contributed by atoms with van der Waals surface area (Å²) in [6, 6.07) is 7.48. The van der Waals surface area contributed by atoms with Crippen LogP contribution in [0.15, 0.2) is 33.9 Å². The maximum Gasteiger partial charge on any atom is 0.331 e. The highest BCUT2D eigenvalue weighted by Crippen LogP contribution is 2.26. The number of aryl methyl sites for hydroxylation is 3. The van der Waals surface area contributed by atoms with Gasteiger partial charge in [-0.05, 0) is 24.6 Å². The molecule has 22 heavy (non-hydrogen) atoms. The van der Waals surface area contributed by atoms with Crippen molar-refractivity contribution in [3.05, 3.63) is 50.7 Å². The quantitative estimate of drug-likeness (QED) is 0.710. The topological polar surface area (TPSA) is 71.1 Å². The lowest BCUT2D eigenvalue weighted by molar-refractivity contribution is 0.456. The molecule has 0 aliphatic heterocycles. The van der Waals surface area contributed by atoms with Gasteiger partial charge in [0, 0.05) is 21.1 Å². The first kappa shape index (κ1) is 14.1. The lowest BCUT2D eigenvalue weighted by Gasteiger charge is -2.06. The molecule has 7 nitrogen and oxygen atoms in total. The van der Waals surface area contributed by atoms with Gasteiger partial charge in [0.25, 0.3) is 11.4 Å². The largest absolute Gasteiger partial charge is 0.436 e. The molecule has 0 unspecified atom stereocenters. The second-order valence-electron chi connectivity index (χ2n) is 5.25. The van der Waals surface area contributed by atoms with Crippen molar-refractivity contribution in [2.75, 3.05) is 0 Å². The standard InChI is InChI=1S/C15H16N4O3/c1-9-6-5-7-10(8-9)22-13-11-12(19(4)16-13)14(20)18(3)15(21)17(11)2/h5-8H,1-4H3. The number of benzene rings is 1. The second kappa shape index (κ2) is 4.87. The Balaban J connectivity index is 2.28. The fourth-order valence-electron chi connectivity index (χ4n) is 2.46. The van der Waals surface area contributed by atoms with Gasteiger partial charge < -0.3 is 4.74 Å². The van der Waals surface area contributed by atoms with Gasteiger partial charge in [0.2, 0.25) is 0 Å². The van der Waals surface area contributed by atoms with E-state index in [1.807, 2.05) is 25.1 Å². The van der Waals surface area contributed by atoms with E-state index in [4.69, 9.17) is 4.74 Å². The maximum atomic E-state index is 12.3. The Kier molecular flexibility index (Phi) is 3.13. The molecule has 3 aromatic rings. The van der Waals surface area contributed by atoms with E-state index in [0.29, 0.717) is 16.8 Å². The highest BCUT2D eigenvalue weighted by molar-refractivity contribution is 5.80. The third-order valence-electron chi connectivity index (χ3n) is 3.61. The van der Waals surface area contributed by atoms with Crippen LogP contribution < -0.4 is 16.0 Å². The van der Waals surface area contributed by atoms with Crippen LogP contribution in [-0.4, -0.2) is 18.9 Å². The van der Waals surface area contributed by atoms with Crippen LogP contribution in [0, 0.1) is 6.92 Å². The first-order chi connectivity index (χ1) is 10.4. The summed E-state index contributed by atoms with van der Waals surface area (Å²) in [6.07, 6.45) is 0. The monoisotopic (exact) mass is 300 g/mol. The van der Waals surface area contributed by atoms with Crippen LogP contribution in [0.5, 0.6) is 11.6 Å². The number of fused-ring (bicyclic) bond motifs is 1. The minimum atomic E-state index is -0.417. The van der Waals surface area contributed by atoms with Gasteiger partial charge in [0.1, 0.15) is 11.3 Å². The molecule has 0 aliphatic rings. The smallest absolute Gasteiger partial charge is 0.331 e. The molecule has 3 rings (SSSR count). The fourth-order valence-corrected chi connectivity index (χ4v) is 2.46. The molecule has 2 aromatic heterocycles. The number of ether oxygens (including phenoxy) is 1. The average molecular weight is 300 g/mol. The van der Waals surface area contributed by atoms with Crippen LogP contribution >= 0.6 is 0 Å². The van der Waals surface area contributed by atoms with Crippen molar-refractivity contribution in [2.24, 2.45) is 21.1 Å². The number of hydrogen-bond donors (Lipinski definition) is 0. The van der Waals surface area contributed by atoms with Gasteiger partial charge >= 0.3 is 5.69 Å². The Morgan fingerprint density at radius 2 is 1.77 bits per heavy atom. The summed E-state index contributed by atoms with van der Waals surface area (Å²) < 4.78 is 9.64. The molecular formula is C15H16N4O3. The van der Waals surface area contributed by atoms with Gasteiger partial charge in [-0.1, -0.05) is 12.1 Å². The maximum absolute atomic E-state index is 12.3. The molecule has 7 heteroatoms. The number of nitrogens with zero attached hydrogens (tertiary/aromatic N) is 4. The van der Waals surface area contributed by atoms with Crippen molar-refractivity contribution in [2.45, 2.75) is 6.92 Å². The predicted molar refractivity (Wildman–Crippen MR) is 82.4 cm³/mol. The van der Waals surface area contributed by atoms with E-state index in [-0.39, 0.29) is 5.88 Å². The second-order valence-corrected chi connectivity index (χ2v) is 5.25. The van der Waals surface area contributed by atoms with Gasteiger partial charge in [-0.15, -0.1) is 5.10 Å². The van der Waals surface area contributed by atoms with Gasteiger partial charge in [-0.3, -0.25) is 18.6 Å². The van der Waals surface area contributed by atoms with Crippen LogP contribution in [0.4, 0.5) is 0 Å². The van der Waals surface area contributed by atoms with Gasteiger partial charge in [-0.2, -0.15) is 0 Å². The SMILES string of the molecule is Cc1cccc(Oc2nn(C)c3c(=O)n(C)c(=O)n(C)c23)c1. The van der Waals surface area contributed by atoms with E-state index in [1.165, 1.54) is 16.3 Å². The lowest BCUT2D eigenvalue weighted by atomic mass is 10.2.